The summed E-state index contributed by atoms with van der Waals surface area (Å²) in [4.78, 5) is 12.9. The lowest BCUT2D eigenvalue weighted by atomic mass is 9.95. The molecular formula is C21H27FN4O3S. The van der Waals surface area contributed by atoms with Crippen LogP contribution in [-0.2, 0) is 14.8 Å². The third kappa shape index (κ3) is 4.41. The fraction of sp³-hybridized carbons (Fsp3) is 0.524. The predicted molar refractivity (Wildman–Crippen MR) is 111 cm³/mol. The molecule has 0 unspecified atom stereocenters. The highest BCUT2D eigenvalue weighted by atomic mass is 32.2. The zero-order valence-corrected chi connectivity index (χ0v) is 17.7. The molecule has 1 aliphatic heterocycles. The fourth-order valence-electron chi connectivity index (χ4n) is 4.37. The third-order valence-electron chi connectivity index (χ3n) is 6.12. The summed E-state index contributed by atoms with van der Waals surface area (Å²) in [6.07, 6.45) is 8.36. The summed E-state index contributed by atoms with van der Waals surface area (Å²) < 4.78 is 41.9. The second-order valence-corrected chi connectivity index (χ2v) is 10.0. The highest BCUT2D eigenvalue weighted by molar-refractivity contribution is 7.89. The smallest absolute Gasteiger partial charge is 0.243 e. The van der Waals surface area contributed by atoms with Crippen LogP contribution in [0.5, 0.6) is 0 Å². The van der Waals surface area contributed by atoms with Gasteiger partial charge in [0.1, 0.15) is 11.6 Å². The molecular weight excluding hydrogens is 407 g/mol. The molecule has 9 heteroatoms. The van der Waals surface area contributed by atoms with Crippen molar-refractivity contribution >= 4 is 21.7 Å². The predicted octanol–water partition coefficient (Wildman–Crippen LogP) is 3.57. The summed E-state index contributed by atoms with van der Waals surface area (Å²) in [7, 11) is -3.68. The van der Waals surface area contributed by atoms with E-state index in [1.807, 2.05) is 10.7 Å². The first-order valence-corrected chi connectivity index (χ1v) is 12.0. The first kappa shape index (κ1) is 21.0. The number of halogens is 1. The Morgan fingerprint density at radius 1 is 1.00 bits per heavy atom. The Balaban J connectivity index is 1.36. The van der Waals surface area contributed by atoms with Crippen molar-refractivity contribution in [1.29, 1.82) is 0 Å². The van der Waals surface area contributed by atoms with Crippen LogP contribution in [0, 0.1) is 11.7 Å². The molecule has 0 atom stereocenters. The Kier molecular flexibility index (Phi) is 6.19. The molecule has 1 aromatic carbocycles. The van der Waals surface area contributed by atoms with Crippen molar-refractivity contribution in [1.82, 2.24) is 14.1 Å². The van der Waals surface area contributed by atoms with E-state index >= 15 is 0 Å². The van der Waals surface area contributed by atoms with E-state index in [1.165, 1.54) is 35.7 Å². The average Bonchev–Trinajstić information content (AvgIpc) is 3.23. The number of rotatable bonds is 5. The minimum atomic E-state index is -3.68. The molecule has 1 aliphatic carbocycles. The number of nitrogens with zero attached hydrogens (tertiary/aromatic N) is 3. The summed E-state index contributed by atoms with van der Waals surface area (Å²) >= 11 is 0. The third-order valence-corrected chi connectivity index (χ3v) is 8.03. The lowest BCUT2D eigenvalue weighted by Gasteiger charge is -2.31. The van der Waals surface area contributed by atoms with Crippen LogP contribution < -0.4 is 5.32 Å². The lowest BCUT2D eigenvalue weighted by Crippen LogP contribution is -2.41. The molecule has 7 nitrogen and oxygen atoms in total. The molecule has 2 fully saturated rings. The second-order valence-electron chi connectivity index (χ2n) is 8.07. The Hall–Kier alpha value is -2.26. The quantitative estimate of drug-likeness (QED) is 0.780. The van der Waals surface area contributed by atoms with Gasteiger partial charge in [0.25, 0.3) is 0 Å². The maximum atomic E-state index is 13.1. The van der Waals surface area contributed by atoms with Crippen LogP contribution in [0.3, 0.4) is 0 Å². The van der Waals surface area contributed by atoms with Crippen molar-refractivity contribution < 1.29 is 17.6 Å². The van der Waals surface area contributed by atoms with Crippen molar-refractivity contribution in [3.05, 3.63) is 42.3 Å². The highest BCUT2D eigenvalue weighted by Crippen LogP contribution is 2.31. The molecule has 1 amide bonds. The molecule has 1 saturated carbocycles. The van der Waals surface area contributed by atoms with Gasteiger partial charge in [0.15, 0.2) is 0 Å². The van der Waals surface area contributed by atoms with Gasteiger partial charge < -0.3 is 5.32 Å². The van der Waals surface area contributed by atoms with E-state index in [4.69, 9.17) is 0 Å². The average molecular weight is 435 g/mol. The molecule has 1 N–H and O–H groups in total. The number of sulfonamides is 1. The van der Waals surface area contributed by atoms with Crippen LogP contribution in [0.4, 0.5) is 10.2 Å². The van der Waals surface area contributed by atoms with Crippen molar-refractivity contribution in [2.75, 3.05) is 18.4 Å². The van der Waals surface area contributed by atoms with E-state index in [0.717, 1.165) is 25.0 Å². The SMILES string of the molecule is O=C(Nc1ccnn1C1CCCCC1)C1CCN(S(=O)(=O)c2ccc(F)cc2)CC1. The van der Waals surface area contributed by atoms with Gasteiger partial charge in [0, 0.05) is 25.1 Å². The standard InChI is InChI=1S/C21H27FN4O3S/c22-17-6-8-19(9-7-17)30(28,29)25-14-11-16(12-15-25)21(27)24-20-10-13-23-26(20)18-4-2-1-3-5-18/h6-10,13,16,18H,1-5,11-12,14-15H2,(H,24,27). The minimum absolute atomic E-state index is 0.0724. The fourth-order valence-corrected chi connectivity index (χ4v) is 5.84. The number of hydrogen-bond donors (Lipinski definition) is 1. The molecule has 162 valence electrons. The van der Waals surface area contributed by atoms with Crippen molar-refractivity contribution in [2.45, 2.75) is 55.9 Å². The van der Waals surface area contributed by atoms with Crippen molar-refractivity contribution in [2.24, 2.45) is 5.92 Å². The van der Waals surface area contributed by atoms with Gasteiger partial charge in [0.2, 0.25) is 15.9 Å². The van der Waals surface area contributed by atoms with Crippen LogP contribution in [0.15, 0.2) is 41.4 Å². The van der Waals surface area contributed by atoms with Gasteiger partial charge in [-0.05, 0) is 49.9 Å². The Morgan fingerprint density at radius 3 is 2.33 bits per heavy atom. The summed E-state index contributed by atoms with van der Waals surface area (Å²) in [6, 6.07) is 6.98. The number of aromatic nitrogens is 2. The van der Waals surface area contributed by atoms with Crippen LogP contribution in [0.2, 0.25) is 0 Å². The van der Waals surface area contributed by atoms with Gasteiger partial charge in [-0.3, -0.25) is 4.79 Å². The number of amides is 1. The van der Waals surface area contributed by atoms with Crippen LogP contribution in [0.25, 0.3) is 0 Å². The van der Waals surface area contributed by atoms with Crippen LogP contribution in [0.1, 0.15) is 51.0 Å². The van der Waals surface area contributed by atoms with Crippen LogP contribution >= 0.6 is 0 Å². The molecule has 2 aliphatic rings. The van der Waals surface area contributed by atoms with Crippen molar-refractivity contribution in [3.63, 3.8) is 0 Å². The number of anilines is 1. The first-order valence-electron chi connectivity index (χ1n) is 10.6. The summed E-state index contributed by atoms with van der Waals surface area (Å²) in [5.41, 5.74) is 0. The van der Waals surface area contributed by atoms with Gasteiger partial charge in [-0.15, -0.1) is 0 Å². The molecule has 1 aromatic heterocycles. The molecule has 30 heavy (non-hydrogen) atoms. The van der Waals surface area contributed by atoms with E-state index in [2.05, 4.69) is 10.4 Å². The summed E-state index contributed by atoms with van der Waals surface area (Å²) in [6.45, 7) is 0.527. The molecule has 0 bridgehead atoms. The lowest BCUT2D eigenvalue weighted by molar-refractivity contribution is -0.121. The molecule has 4 rings (SSSR count). The zero-order chi connectivity index (χ0) is 21.1. The van der Waals surface area contributed by atoms with E-state index in [9.17, 15) is 17.6 Å². The minimum Gasteiger partial charge on any atom is -0.311 e. The zero-order valence-electron chi connectivity index (χ0n) is 16.8. The number of carbonyl (C=O) groups excluding carboxylic acids is 1. The Morgan fingerprint density at radius 2 is 1.67 bits per heavy atom. The van der Waals surface area contributed by atoms with Gasteiger partial charge in [-0.25, -0.2) is 17.5 Å². The molecule has 2 heterocycles. The van der Waals surface area contributed by atoms with Gasteiger partial charge in [-0.2, -0.15) is 9.40 Å². The van der Waals surface area contributed by atoms with E-state index in [-0.39, 0.29) is 29.8 Å². The topological polar surface area (TPSA) is 84.3 Å². The maximum absolute atomic E-state index is 13.1. The number of benzene rings is 1. The number of piperidine rings is 1. The maximum Gasteiger partial charge on any atom is 0.243 e. The van der Waals surface area contributed by atoms with Gasteiger partial charge in [-0.1, -0.05) is 19.3 Å². The summed E-state index contributed by atoms with van der Waals surface area (Å²) in [5, 5.41) is 7.41. The first-order chi connectivity index (χ1) is 14.4. The monoisotopic (exact) mass is 434 g/mol. The van der Waals surface area contributed by atoms with E-state index in [1.54, 1.807) is 6.20 Å². The van der Waals surface area contributed by atoms with Gasteiger partial charge >= 0.3 is 0 Å². The van der Waals surface area contributed by atoms with E-state index < -0.39 is 15.8 Å². The van der Waals surface area contributed by atoms with E-state index in [0.29, 0.717) is 24.7 Å². The van der Waals surface area contributed by atoms with Gasteiger partial charge in [0.05, 0.1) is 17.1 Å². The molecule has 0 radical (unpaired) electrons. The summed E-state index contributed by atoms with van der Waals surface area (Å²) in [5.74, 6) is -0.101. The second kappa shape index (κ2) is 8.85. The Bertz CT molecular complexity index is 976. The normalized spacial score (nSPS) is 19.6. The molecule has 1 saturated heterocycles. The number of nitrogens with one attached hydrogen (secondary N) is 1. The largest absolute Gasteiger partial charge is 0.311 e. The number of carbonyl (C=O) groups is 1. The highest BCUT2D eigenvalue weighted by Gasteiger charge is 2.32. The van der Waals surface area contributed by atoms with Crippen molar-refractivity contribution in [3.8, 4) is 0 Å². The van der Waals surface area contributed by atoms with Crippen LogP contribution in [-0.4, -0.2) is 41.5 Å². The number of hydrogen-bond acceptors (Lipinski definition) is 4. The molecule has 2 aromatic rings. The molecule has 0 spiro atoms. The Labute approximate surface area is 176 Å².